The molecular formula is C50H34N2O. The molecule has 0 saturated carbocycles. The van der Waals surface area contributed by atoms with Gasteiger partial charge in [-0.15, -0.1) is 0 Å². The van der Waals surface area contributed by atoms with E-state index in [9.17, 15) is 0 Å². The first-order valence-corrected chi connectivity index (χ1v) is 17.9. The number of anilines is 2. The fourth-order valence-corrected chi connectivity index (χ4v) is 8.18. The Morgan fingerprint density at radius 1 is 0.491 bits per heavy atom. The number of nitrogens with zero attached hydrogens (tertiary/aromatic N) is 2. The number of fused-ring (bicyclic) bond motifs is 9. The zero-order chi connectivity index (χ0) is 35.5. The number of furan rings is 1. The van der Waals surface area contributed by atoms with Crippen molar-refractivity contribution < 1.29 is 4.42 Å². The largest absolute Gasteiger partial charge is 0.455 e. The molecule has 3 heteroatoms. The fourth-order valence-electron chi connectivity index (χ4n) is 8.18. The van der Waals surface area contributed by atoms with Crippen LogP contribution in [0.3, 0.4) is 0 Å². The first kappa shape index (κ1) is 30.7. The summed E-state index contributed by atoms with van der Waals surface area (Å²) in [6.07, 6.45) is 3.93. The maximum Gasteiger partial charge on any atom is 0.143 e. The number of benzene rings is 8. The van der Waals surface area contributed by atoms with Crippen molar-refractivity contribution in [3.8, 4) is 11.1 Å². The van der Waals surface area contributed by atoms with Gasteiger partial charge in [-0.2, -0.15) is 0 Å². The lowest BCUT2D eigenvalue weighted by Crippen LogP contribution is -2.19. The fraction of sp³-hybridized carbons (Fsp3) is 0. The molecule has 10 rings (SSSR count). The molecule has 3 nitrogen and oxygen atoms in total. The summed E-state index contributed by atoms with van der Waals surface area (Å²) in [6, 6.07) is 60.2. The third kappa shape index (κ3) is 4.75. The second-order valence-electron chi connectivity index (χ2n) is 13.4. The molecule has 0 unspecified atom stereocenters. The highest BCUT2D eigenvalue weighted by molar-refractivity contribution is 6.16. The van der Waals surface area contributed by atoms with Crippen LogP contribution in [0.2, 0.25) is 0 Å². The van der Waals surface area contributed by atoms with Gasteiger partial charge in [0.1, 0.15) is 11.2 Å². The SMILES string of the molecule is C=C/C(=C(\C=C)n1c2ccccc2c2ccccc21)N(c1ccccc1-c1ccc2oc3c4ccccc4ccc3c2c1)c1cccc2ccccc12. The average Bonchev–Trinajstić information content (AvgIpc) is 3.77. The minimum absolute atomic E-state index is 0.871. The van der Waals surface area contributed by atoms with Crippen molar-refractivity contribution in [2.45, 2.75) is 0 Å². The number of para-hydroxylation sites is 3. The second-order valence-corrected chi connectivity index (χ2v) is 13.4. The Labute approximate surface area is 307 Å². The Morgan fingerprint density at radius 2 is 1.09 bits per heavy atom. The van der Waals surface area contributed by atoms with Gasteiger partial charge < -0.3 is 13.9 Å². The lowest BCUT2D eigenvalue weighted by molar-refractivity contribution is 0.672. The summed E-state index contributed by atoms with van der Waals surface area (Å²) < 4.78 is 8.84. The topological polar surface area (TPSA) is 21.3 Å². The van der Waals surface area contributed by atoms with Gasteiger partial charge in [-0.05, 0) is 71.0 Å². The Bertz CT molecular complexity index is 3060. The van der Waals surface area contributed by atoms with Gasteiger partial charge in [-0.25, -0.2) is 0 Å². The van der Waals surface area contributed by atoms with Crippen LogP contribution in [0.4, 0.5) is 11.4 Å². The van der Waals surface area contributed by atoms with Crippen LogP contribution >= 0.6 is 0 Å². The number of aromatic nitrogens is 1. The van der Waals surface area contributed by atoms with Gasteiger partial charge in [0, 0.05) is 37.9 Å². The van der Waals surface area contributed by atoms with Crippen LogP contribution in [0, 0.1) is 0 Å². The van der Waals surface area contributed by atoms with Crippen LogP contribution < -0.4 is 4.90 Å². The molecule has 0 N–H and O–H groups in total. The molecule has 0 aliphatic heterocycles. The monoisotopic (exact) mass is 678 g/mol. The van der Waals surface area contributed by atoms with Crippen LogP contribution in [0.1, 0.15) is 0 Å². The van der Waals surface area contributed by atoms with Crippen LogP contribution in [0.15, 0.2) is 205 Å². The van der Waals surface area contributed by atoms with E-state index < -0.39 is 0 Å². The maximum atomic E-state index is 6.52. The van der Waals surface area contributed by atoms with Crippen molar-refractivity contribution in [1.82, 2.24) is 4.57 Å². The van der Waals surface area contributed by atoms with Crippen LogP contribution in [0.5, 0.6) is 0 Å². The smallest absolute Gasteiger partial charge is 0.143 e. The van der Waals surface area contributed by atoms with Crippen molar-refractivity contribution in [3.63, 3.8) is 0 Å². The Balaban J connectivity index is 1.27. The average molecular weight is 679 g/mol. The number of hydrogen-bond donors (Lipinski definition) is 0. The van der Waals surface area contributed by atoms with Crippen molar-refractivity contribution in [2.75, 3.05) is 4.90 Å². The Morgan fingerprint density at radius 3 is 1.83 bits per heavy atom. The van der Waals surface area contributed by atoms with E-state index in [0.717, 1.165) is 83.0 Å². The van der Waals surface area contributed by atoms with Gasteiger partial charge in [-0.3, -0.25) is 0 Å². The van der Waals surface area contributed by atoms with Crippen molar-refractivity contribution in [1.29, 1.82) is 0 Å². The number of allylic oxidation sites excluding steroid dienone is 3. The van der Waals surface area contributed by atoms with Crippen LogP contribution in [-0.2, 0) is 0 Å². The molecule has 250 valence electrons. The first-order chi connectivity index (χ1) is 26.2. The number of hydrogen-bond acceptors (Lipinski definition) is 2. The summed E-state index contributed by atoms with van der Waals surface area (Å²) >= 11 is 0. The quantitative estimate of drug-likeness (QED) is 0.156. The molecule has 2 heterocycles. The third-order valence-corrected chi connectivity index (χ3v) is 10.5. The molecule has 2 aromatic heterocycles. The van der Waals surface area contributed by atoms with Gasteiger partial charge in [0.05, 0.1) is 33.8 Å². The number of rotatable bonds is 7. The minimum Gasteiger partial charge on any atom is -0.455 e. The molecular weight excluding hydrogens is 645 g/mol. The normalized spacial score (nSPS) is 12.2. The van der Waals surface area contributed by atoms with Gasteiger partial charge in [0.15, 0.2) is 0 Å². The van der Waals surface area contributed by atoms with Crippen LogP contribution in [0.25, 0.3) is 82.1 Å². The molecule has 53 heavy (non-hydrogen) atoms. The lowest BCUT2D eigenvalue weighted by atomic mass is 9.98. The molecule has 0 bridgehead atoms. The van der Waals surface area contributed by atoms with E-state index >= 15 is 0 Å². The molecule has 0 saturated heterocycles. The molecule has 0 amide bonds. The molecule has 8 aromatic carbocycles. The zero-order valence-electron chi connectivity index (χ0n) is 29.0. The standard InChI is InChI=1S/C50H34N2O/c1-3-43(44(4-2)52-47-25-13-10-22-39(47)40-23-11-14-26-48(40)52)51(46-27-15-18-33-16-5-7-19-36(33)46)45-24-12-9-20-37(45)35-29-31-49-42(32-35)41-30-28-34-17-6-8-21-38(34)50(41)53-49/h3-32H,1-2H2/b44-43-. The molecule has 0 spiro atoms. The lowest BCUT2D eigenvalue weighted by Gasteiger charge is -2.31. The summed E-state index contributed by atoms with van der Waals surface area (Å²) in [4.78, 5) is 2.36. The highest BCUT2D eigenvalue weighted by atomic mass is 16.3. The van der Waals surface area contributed by atoms with Gasteiger partial charge in [0.2, 0.25) is 0 Å². The van der Waals surface area contributed by atoms with Crippen molar-refractivity contribution >= 4 is 82.4 Å². The minimum atomic E-state index is 0.871. The Hall–Kier alpha value is -7.10. The molecule has 0 fully saturated rings. The summed E-state index contributed by atoms with van der Waals surface area (Å²) in [6.45, 7) is 8.90. The molecule has 0 aliphatic rings. The van der Waals surface area contributed by atoms with E-state index in [0.29, 0.717) is 0 Å². The summed E-state index contributed by atoms with van der Waals surface area (Å²) in [5.74, 6) is 0. The summed E-state index contributed by atoms with van der Waals surface area (Å²) in [7, 11) is 0. The first-order valence-electron chi connectivity index (χ1n) is 17.9. The van der Waals surface area contributed by atoms with E-state index in [-0.39, 0.29) is 0 Å². The van der Waals surface area contributed by atoms with Crippen molar-refractivity contribution in [3.05, 3.63) is 201 Å². The van der Waals surface area contributed by atoms with E-state index in [1.165, 1.54) is 16.2 Å². The molecule has 0 atom stereocenters. The van der Waals surface area contributed by atoms with E-state index in [4.69, 9.17) is 4.42 Å². The second kappa shape index (κ2) is 12.3. The van der Waals surface area contributed by atoms with E-state index in [1.54, 1.807) is 0 Å². The predicted molar refractivity (Wildman–Crippen MR) is 226 cm³/mol. The molecule has 0 aliphatic carbocycles. The highest BCUT2D eigenvalue weighted by Gasteiger charge is 2.24. The van der Waals surface area contributed by atoms with Gasteiger partial charge in [-0.1, -0.05) is 141 Å². The predicted octanol–water partition coefficient (Wildman–Crippen LogP) is 14.0. The molecule has 10 aromatic rings. The van der Waals surface area contributed by atoms with Crippen LogP contribution in [-0.4, -0.2) is 4.57 Å². The summed E-state index contributed by atoms with van der Waals surface area (Å²) in [5, 5.41) is 9.16. The highest BCUT2D eigenvalue weighted by Crippen LogP contribution is 2.45. The molecule has 0 radical (unpaired) electrons. The summed E-state index contributed by atoms with van der Waals surface area (Å²) in [5.41, 5.74) is 10.1. The van der Waals surface area contributed by atoms with Crippen molar-refractivity contribution in [2.24, 2.45) is 0 Å². The third-order valence-electron chi connectivity index (χ3n) is 10.5. The van der Waals surface area contributed by atoms with Gasteiger partial charge >= 0.3 is 0 Å². The zero-order valence-corrected chi connectivity index (χ0v) is 29.0. The maximum absolute atomic E-state index is 6.52. The van der Waals surface area contributed by atoms with Gasteiger partial charge in [0.25, 0.3) is 0 Å². The van der Waals surface area contributed by atoms with E-state index in [2.05, 4.69) is 192 Å². The van der Waals surface area contributed by atoms with E-state index in [1.807, 2.05) is 12.2 Å². The Kier molecular flexibility index (Phi) is 7.12.